The summed E-state index contributed by atoms with van der Waals surface area (Å²) in [5, 5.41) is 11.4. The van der Waals surface area contributed by atoms with Crippen LogP contribution in [0.2, 0.25) is 0 Å². The molecule has 1 aliphatic rings. The number of nitrogens with zero attached hydrogens (tertiary/aromatic N) is 2. The molecular formula is C13H25N3O3. The summed E-state index contributed by atoms with van der Waals surface area (Å²) >= 11 is 0. The number of carboxylic acid groups (broad SMARTS) is 1. The van der Waals surface area contributed by atoms with Crippen molar-refractivity contribution in [1.82, 2.24) is 15.1 Å². The van der Waals surface area contributed by atoms with Crippen LogP contribution in [-0.4, -0.2) is 65.7 Å². The first-order valence-electron chi connectivity index (χ1n) is 6.95. The lowest BCUT2D eigenvalue weighted by molar-refractivity contribution is -0.140. The quantitative estimate of drug-likeness (QED) is 0.777. The first-order chi connectivity index (χ1) is 8.95. The number of urea groups is 1. The zero-order valence-electron chi connectivity index (χ0n) is 12.1. The Morgan fingerprint density at radius 1 is 1.21 bits per heavy atom. The van der Waals surface area contributed by atoms with Crippen molar-refractivity contribution in [1.29, 1.82) is 0 Å². The monoisotopic (exact) mass is 271 g/mol. The Morgan fingerprint density at radius 3 is 2.26 bits per heavy atom. The molecule has 2 unspecified atom stereocenters. The minimum atomic E-state index is -0.887. The van der Waals surface area contributed by atoms with Crippen molar-refractivity contribution in [3.8, 4) is 0 Å². The Hall–Kier alpha value is -1.30. The van der Waals surface area contributed by atoms with Crippen molar-refractivity contribution < 1.29 is 14.7 Å². The summed E-state index contributed by atoms with van der Waals surface area (Å²) in [6.45, 7) is 9.31. The van der Waals surface area contributed by atoms with E-state index >= 15 is 0 Å². The SMILES string of the molecule is CCC(C)N1CCN(C(=O)NCC(C)C(=O)O)CC1. The van der Waals surface area contributed by atoms with Crippen LogP contribution in [0.15, 0.2) is 0 Å². The van der Waals surface area contributed by atoms with E-state index in [0.717, 1.165) is 19.5 Å². The highest BCUT2D eigenvalue weighted by Gasteiger charge is 2.23. The normalized spacial score (nSPS) is 19.8. The maximum absolute atomic E-state index is 11.9. The molecule has 2 N–H and O–H groups in total. The van der Waals surface area contributed by atoms with Crippen LogP contribution in [0.5, 0.6) is 0 Å². The van der Waals surface area contributed by atoms with Crippen LogP contribution in [0.1, 0.15) is 27.2 Å². The highest BCUT2D eigenvalue weighted by molar-refractivity contribution is 5.76. The van der Waals surface area contributed by atoms with Gasteiger partial charge in [0, 0.05) is 38.8 Å². The van der Waals surface area contributed by atoms with E-state index < -0.39 is 11.9 Å². The third kappa shape index (κ3) is 4.70. The van der Waals surface area contributed by atoms with E-state index in [0.29, 0.717) is 19.1 Å². The summed E-state index contributed by atoms with van der Waals surface area (Å²) in [5.74, 6) is -1.44. The standard InChI is InChI=1S/C13H25N3O3/c1-4-11(3)15-5-7-16(8-6-15)13(19)14-9-10(2)12(17)18/h10-11H,4-9H2,1-3H3,(H,14,19)(H,17,18). The zero-order chi connectivity index (χ0) is 14.4. The predicted octanol–water partition coefficient (Wildman–Crippen LogP) is 0.833. The fourth-order valence-electron chi connectivity index (χ4n) is 2.06. The third-order valence-electron chi connectivity index (χ3n) is 3.80. The van der Waals surface area contributed by atoms with Crippen LogP contribution in [-0.2, 0) is 4.79 Å². The molecule has 0 aromatic carbocycles. The van der Waals surface area contributed by atoms with Gasteiger partial charge in [-0.1, -0.05) is 13.8 Å². The van der Waals surface area contributed by atoms with E-state index in [1.165, 1.54) is 0 Å². The molecule has 0 aliphatic carbocycles. The lowest BCUT2D eigenvalue weighted by atomic mass is 10.2. The van der Waals surface area contributed by atoms with Crippen LogP contribution in [0, 0.1) is 5.92 Å². The molecule has 1 heterocycles. The zero-order valence-corrected chi connectivity index (χ0v) is 12.1. The predicted molar refractivity (Wildman–Crippen MR) is 73.1 cm³/mol. The molecule has 0 aromatic heterocycles. The molecular weight excluding hydrogens is 246 g/mol. The van der Waals surface area contributed by atoms with E-state index in [4.69, 9.17) is 5.11 Å². The van der Waals surface area contributed by atoms with Gasteiger partial charge in [-0.3, -0.25) is 9.69 Å². The van der Waals surface area contributed by atoms with Gasteiger partial charge in [-0.05, 0) is 13.3 Å². The molecule has 6 heteroatoms. The first kappa shape index (κ1) is 15.8. The highest BCUT2D eigenvalue weighted by atomic mass is 16.4. The molecule has 0 spiro atoms. The number of amides is 2. The van der Waals surface area contributed by atoms with Crippen LogP contribution in [0.4, 0.5) is 4.79 Å². The smallest absolute Gasteiger partial charge is 0.317 e. The molecule has 2 atom stereocenters. The maximum atomic E-state index is 11.9. The lowest BCUT2D eigenvalue weighted by Gasteiger charge is -2.37. The Morgan fingerprint density at radius 2 is 1.79 bits per heavy atom. The number of aliphatic carboxylic acids is 1. The van der Waals surface area contributed by atoms with Crippen molar-refractivity contribution >= 4 is 12.0 Å². The van der Waals surface area contributed by atoms with Gasteiger partial charge in [0.15, 0.2) is 0 Å². The van der Waals surface area contributed by atoms with Gasteiger partial charge in [-0.2, -0.15) is 0 Å². The van der Waals surface area contributed by atoms with Gasteiger partial charge in [0.1, 0.15) is 0 Å². The number of nitrogens with one attached hydrogen (secondary N) is 1. The largest absolute Gasteiger partial charge is 0.481 e. The molecule has 110 valence electrons. The number of piperazine rings is 1. The molecule has 1 rings (SSSR count). The van der Waals surface area contributed by atoms with Crippen LogP contribution < -0.4 is 5.32 Å². The van der Waals surface area contributed by atoms with Crippen molar-refractivity contribution in [2.45, 2.75) is 33.2 Å². The van der Waals surface area contributed by atoms with Crippen molar-refractivity contribution in [3.05, 3.63) is 0 Å². The topological polar surface area (TPSA) is 72.9 Å². The minimum absolute atomic E-state index is 0.156. The summed E-state index contributed by atoms with van der Waals surface area (Å²) in [6, 6.07) is 0.397. The van der Waals surface area contributed by atoms with Crippen molar-refractivity contribution in [2.24, 2.45) is 5.92 Å². The Balaban J connectivity index is 2.31. The Kier molecular flexibility index (Phi) is 6.08. The molecule has 6 nitrogen and oxygen atoms in total. The molecule has 0 saturated carbocycles. The molecule has 2 amide bonds. The fraction of sp³-hybridized carbons (Fsp3) is 0.846. The van der Waals surface area contributed by atoms with Crippen LogP contribution >= 0.6 is 0 Å². The first-order valence-corrected chi connectivity index (χ1v) is 6.95. The van der Waals surface area contributed by atoms with E-state index in [-0.39, 0.29) is 12.6 Å². The molecule has 0 radical (unpaired) electrons. The Labute approximate surface area is 114 Å². The van der Waals surface area contributed by atoms with Crippen molar-refractivity contribution in [3.63, 3.8) is 0 Å². The van der Waals surface area contributed by atoms with E-state index in [1.807, 2.05) is 0 Å². The molecule has 1 saturated heterocycles. The summed E-state index contributed by atoms with van der Waals surface area (Å²) in [7, 11) is 0. The minimum Gasteiger partial charge on any atom is -0.481 e. The van der Waals surface area contributed by atoms with Gasteiger partial charge in [-0.15, -0.1) is 0 Å². The number of carbonyl (C=O) groups excluding carboxylic acids is 1. The van der Waals surface area contributed by atoms with Gasteiger partial charge in [0.25, 0.3) is 0 Å². The fourth-order valence-corrected chi connectivity index (χ4v) is 2.06. The molecule has 0 bridgehead atoms. The van der Waals surface area contributed by atoms with E-state index in [2.05, 4.69) is 24.1 Å². The van der Waals surface area contributed by atoms with Gasteiger partial charge in [0.2, 0.25) is 0 Å². The second kappa shape index (κ2) is 7.33. The van der Waals surface area contributed by atoms with Gasteiger partial charge in [0.05, 0.1) is 5.92 Å². The number of hydrogen-bond donors (Lipinski definition) is 2. The van der Waals surface area contributed by atoms with Gasteiger partial charge >= 0.3 is 12.0 Å². The maximum Gasteiger partial charge on any atom is 0.317 e. The Bertz CT molecular complexity index is 314. The molecule has 0 aromatic rings. The number of rotatable bonds is 5. The summed E-state index contributed by atoms with van der Waals surface area (Å²) < 4.78 is 0. The molecule has 1 fully saturated rings. The highest BCUT2D eigenvalue weighted by Crippen LogP contribution is 2.08. The second-order valence-corrected chi connectivity index (χ2v) is 5.21. The molecule has 1 aliphatic heterocycles. The van der Waals surface area contributed by atoms with Crippen LogP contribution in [0.25, 0.3) is 0 Å². The average Bonchev–Trinajstić information content (AvgIpc) is 2.43. The van der Waals surface area contributed by atoms with Crippen LogP contribution in [0.3, 0.4) is 0 Å². The number of hydrogen-bond acceptors (Lipinski definition) is 3. The summed E-state index contributed by atoms with van der Waals surface area (Å²) in [6.07, 6.45) is 1.11. The third-order valence-corrected chi connectivity index (χ3v) is 3.80. The lowest BCUT2D eigenvalue weighted by Crippen LogP contribution is -2.54. The second-order valence-electron chi connectivity index (χ2n) is 5.21. The van der Waals surface area contributed by atoms with Gasteiger partial charge < -0.3 is 15.3 Å². The van der Waals surface area contributed by atoms with Crippen molar-refractivity contribution in [2.75, 3.05) is 32.7 Å². The average molecular weight is 271 g/mol. The summed E-state index contributed by atoms with van der Waals surface area (Å²) in [5.41, 5.74) is 0. The van der Waals surface area contributed by atoms with E-state index in [9.17, 15) is 9.59 Å². The van der Waals surface area contributed by atoms with E-state index in [1.54, 1.807) is 11.8 Å². The number of carboxylic acids is 1. The number of carbonyl (C=O) groups is 2. The molecule has 19 heavy (non-hydrogen) atoms. The summed E-state index contributed by atoms with van der Waals surface area (Å²) in [4.78, 5) is 26.7. The van der Waals surface area contributed by atoms with Gasteiger partial charge in [-0.25, -0.2) is 4.79 Å².